The van der Waals surface area contributed by atoms with Crippen LogP contribution in [-0.4, -0.2) is 72.6 Å². The molecule has 0 aliphatic heterocycles. The van der Waals surface area contributed by atoms with E-state index in [9.17, 15) is 9.90 Å². The Kier molecular flexibility index (Phi) is 15.9. The highest BCUT2D eigenvalue weighted by atomic mass is 35.5. The Morgan fingerprint density at radius 3 is 1.73 bits per heavy atom. The monoisotopic (exact) mass is 569 g/mol. The molecule has 3 rings (SSSR count). The predicted molar refractivity (Wildman–Crippen MR) is 163 cm³/mol. The van der Waals surface area contributed by atoms with Crippen molar-refractivity contribution < 1.29 is 14.6 Å². The number of aliphatic hydroxyl groups excluding tert-OH is 1. The number of nitrogens with two attached hydrogens (primary N) is 2. The molecule has 3 aromatic carbocycles. The minimum absolute atomic E-state index is 0. The first-order chi connectivity index (χ1) is 19.1. The molecule has 0 saturated heterocycles. The van der Waals surface area contributed by atoms with Crippen molar-refractivity contribution >= 4 is 18.5 Å². The van der Waals surface area contributed by atoms with Crippen LogP contribution >= 0.6 is 12.4 Å². The number of benzene rings is 3. The number of ether oxygens (including phenoxy) is 1. The van der Waals surface area contributed by atoms with Gasteiger partial charge in [0, 0.05) is 65.2 Å². The minimum Gasteiger partial charge on any atom is -0.446 e. The molecule has 0 aliphatic carbocycles. The van der Waals surface area contributed by atoms with E-state index < -0.39 is 18.4 Å². The summed E-state index contributed by atoms with van der Waals surface area (Å²) in [6.45, 7) is 4.75. The van der Waals surface area contributed by atoms with Crippen molar-refractivity contribution in [1.82, 2.24) is 15.1 Å². The largest absolute Gasteiger partial charge is 0.446 e. The van der Waals surface area contributed by atoms with Crippen molar-refractivity contribution in [2.24, 2.45) is 11.5 Å². The summed E-state index contributed by atoms with van der Waals surface area (Å²) in [6, 6.07) is 29.6. The minimum atomic E-state index is -0.833. The second-order valence-electron chi connectivity index (χ2n) is 9.65. The molecule has 0 spiro atoms. The zero-order valence-electron chi connectivity index (χ0n) is 23.1. The molecule has 6 N–H and O–H groups in total. The van der Waals surface area contributed by atoms with E-state index in [1.165, 1.54) is 0 Å². The topological polar surface area (TPSA) is 117 Å². The van der Waals surface area contributed by atoms with Gasteiger partial charge < -0.3 is 21.3 Å². The first-order valence-corrected chi connectivity index (χ1v) is 13.7. The summed E-state index contributed by atoms with van der Waals surface area (Å²) in [6.07, 6.45) is -0.990. The number of hydrogen-bond donors (Lipinski definition) is 4. The maximum atomic E-state index is 13.6. The summed E-state index contributed by atoms with van der Waals surface area (Å²) in [5.74, 6) is 0. The van der Waals surface area contributed by atoms with Crippen molar-refractivity contribution in [2.75, 3.05) is 39.3 Å². The van der Waals surface area contributed by atoms with E-state index >= 15 is 0 Å². The number of carbonyl (C=O) groups is 1. The van der Waals surface area contributed by atoms with Crippen LogP contribution in [0.5, 0.6) is 0 Å². The third-order valence-electron chi connectivity index (χ3n) is 6.45. The van der Waals surface area contributed by atoms with E-state index in [2.05, 4.69) is 10.2 Å². The highest BCUT2D eigenvalue weighted by Gasteiger charge is 2.24. The molecule has 0 radical (unpaired) electrons. The van der Waals surface area contributed by atoms with Gasteiger partial charge in [0.1, 0.15) is 12.3 Å². The molecule has 2 unspecified atom stereocenters. The van der Waals surface area contributed by atoms with Gasteiger partial charge in [-0.2, -0.15) is 0 Å². The molecule has 0 fully saturated rings. The molecule has 8 nitrogen and oxygen atoms in total. The molecule has 0 aliphatic rings. The van der Waals surface area contributed by atoms with E-state index in [0.29, 0.717) is 39.1 Å². The lowest BCUT2D eigenvalue weighted by Crippen LogP contribution is -2.43. The number of aliphatic hydroxyl groups is 1. The maximum absolute atomic E-state index is 13.6. The Labute approximate surface area is 244 Å². The summed E-state index contributed by atoms with van der Waals surface area (Å²) in [7, 11) is 0. The fourth-order valence-corrected chi connectivity index (χ4v) is 4.48. The van der Waals surface area contributed by atoms with Gasteiger partial charge in [-0.05, 0) is 16.7 Å². The van der Waals surface area contributed by atoms with Crippen molar-refractivity contribution in [3.63, 3.8) is 0 Å². The second-order valence-corrected chi connectivity index (χ2v) is 9.65. The molecule has 0 saturated carbocycles. The highest BCUT2D eigenvalue weighted by molar-refractivity contribution is 5.85. The van der Waals surface area contributed by atoms with E-state index in [4.69, 9.17) is 16.2 Å². The van der Waals surface area contributed by atoms with Gasteiger partial charge in [-0.3, -0.25) is 15.1 Å². The molecule has 40 heavy (non-hydrogen) atoms. The SMILES string of the molecule is Cl.NCCN(CCN)CCNC(O)CC(Cc1ccccc1)OC(=O)N(Cc1ccccc1)Cc1ccccc1. The number of nitrogens with one attached hydrogen (secondary N) is 1. The average Bonchev–Trinajstić information content (AvgIpc) is 2.94. The quantitative estimate of drug-likeness (QED) is 0.184. The molecule has 0 heterocycles. The first kappa shape index (κ1) is 33.2. The van der Waals surface area contributed by atoms with Gasteiger partial charge in [0.15, 0.2) is 0 Å². The lowest BCUT2D eigenvalue weighted by Gasteiger charge is -2.28. The summed E-state index contributed by atoms with van der Waals surface area (Å²) >= 11 is 0. The summed E-state index contributed by atoms with van der Waals surface area (Å²) in [4.78, 5) is 17.4. The van der Waals surface area contributed by atoms with Crippen LogP contribution in [0, 0.1) is 0 Å². The number of hydrogen-bond acceptors (Lipinski definition) is 7. The van der Waals surface area contributed by atoms with Crippen molar-refractivity contribution in [1.29, 1.82) is 0 Å². The standard InChI is InChI=1S/C31H43N5O3.ClH/c32-16-19-35(20-17-33)21-18-34-30(37)23-29(22-26-10-4-1-5-11-26)39-31(38)36(24-27-12-6-2-7-13-27)25-28-14-8-3-9-15-28;/h1-15,29-30,34,37H,16-25,32-33H2;1H. The Hall–Kier alpha value is -2.98. The molecular weight excluding hydrogens is 526 g/mol. The van der Waals surface area contributed by atoms with Gasteiger partial charge in [-0.15, -0.1) is 12.4 Å². The molecular formula is C31H44ClN5O3. The van der Waals surface area contributed by atoms with Gasteiger partial charge >= 0.3 is 6.09 Å². The Morgan fingerprint density at radius 2 is 1.25 bits per heavy atom. The van der Waals surface area contributed by atoms with Gasteiger partial charge in [0.05, 0.1) is 0 Å². The van der Waals surface area contributed by atoms with Crippen LogP contribution in [-0.2, 0) is 24.2 Å². The average molecular weight is 570 g/mol. The van der Waals surface area contributed by atoms with E-state index in [0.717, 1.165) is 36.3 Å². The lowest BCUT2D eigenvalue weighted by molar-refractivity contribution is 0.0210. The van der Waals surface area contributed by atoms with Gasteiger partial charge in [-0.1, -0.05) is 91.0 Å². The molecule has 0 aromatic heterocycles. The summed E-state index contributed by atoms with van der Waals surface area (Å²) in [5.41, 5.74) is 14.5. The lowest BCUT2D eigenvalue weighted by atomic mass is 10.0. The smallest absolute Gasteiger partial charge is 0.410 e. The molecule has 218 valence electrons. The zero-order valence-corrected chi connectivity index (χ0v) is 23.9. The van der Waals surface area contributed by atoms with E-state index in [1.54, 1.807) is 4.90 Å². The zero-order chi connectivity index (χ0) is 27.7. The van der Waals surface area contributed by atoms with Crippen molar-refractivity contribution in [3.05, 3.63) is 108 Å². The van der Waals surface area contributed by atoms with Crippen LogP contribution in [0.25, 0.3) is 0 Å². The normalized spacial score (nSPS) is 12.4. The fourth-order valence-electron chi connectivity index (χ4n) is 4.48. The highest BCUT2D eigenvalue weighted by Crippen LogP contribution is 2.16. The van der Waals surface area contributed by atoms with Crippen molar-refractivity contribution in [3.8, 4) is 0 Å². The molecule has 0 bridgehead atoms. The Morgan fingerprint density at radius 1 is 0.775 bits per heavy atom. The third-order valence-corrected chi connectivity index (χ3v) is 6.45. The number of amides is 1. The predicted octanol–water partition coefficient (Wildman–Crippen LogP) is 3.38. The molecule has 3 aromatic rings. The molecule has 9 heteroatoms. The van der Waals surface area contributed by atoms with Crippen LogP contribution in [0.4, 0.5) is 4.79 Å². The Balaban J connectivity index is 0.00000560. The van der Waals surface area contributed by atoms with Crippen LogP contribution in [0.1, 0.15) is 23.1 Å². The van der Waals surface area contributed by atoms with E-state index in [-0.39, 0.29) is 18.8 Å². The summed E-state index contributed by atoms with van der Waals surface area (Å²) in [5, 5.41) is 14.0. The Bertz CT molecular complexity index is 1010. The van der Waals surface area contributed by atoms with Gasteiger partial charge in [0.2, 0.25) is 0 Å². The number of carbonyl (C=O) groups excluding carboxylic acids is 1. The van der Waals surface area contributed by atoms with E-state index in [1.807, 2.05) is 91.0 Å². The van der Waals surface area contributed by atoms with Crippen LogP contribution in [0.3, 0.4) is 0 Å². The molecule has 1 amide bonds. The van der Waals surface area contributed by atoms with Gasteiger partial charge in [-0.25, -0.2) is 4.79 Å². The maximum Gasteiger partial charge on any atom is 0.410 e. The van der Waals surface area contributed by atoms with Crippen LogP contribution < -0.4 is 16.8 Å². The number of rotatable bonds is 17. The van der Waals surface area contributed by atoms with Crippen molar-refractivity contribution in [2.45, 2.75) is 38.3 Å². The van der Waals surface area contributed by atoms with Crippen LogP contribution in [0.2, 0.25) is 0 Å². The van der Waals surface area contributed by atoms with Gasteiger partial charge in [0.25, 0.3) is 0 Å². The third kappa shape index (κ3) is 12.5. The molecule has 2 atom stereocenters. The number of nitrogens with zero attached hydrogens (tertiary/aromatic N) is 2. The summed E-state index contributed by atoms with van der Waals surface area (Å²) < 4.78 is 6.08. The second kappa shape index (κ2) is 19.2. The first-order valence-electron chi connectivity index (χ1n) is 13.7. The fraction of sp³-hybridized carbons (Fsp3) is 0.387. The number of halogens is 1. The van der Waals surface area contributed by atoms with Crippen LogP contribution in [0.15, 0.2) is 91.0 Å².